The molecule has 2 amide bonds. The van der Waals surface area contributed by atoms with Crippen molar-refractivity contribution in [3.63, 3.8) is 0 Å². The maximum atomic E-state index is 14.6. The Labute approximate surface area is 228 Å². The fourth-order valence-corrected chi connectivity index (χ4v) is 4.27. The van der Waals surface area contributed by atoms with E-state index in [4.69, 9.17) is 0 Å². The summed E-state index contributed by atoms with van der Waals surface area (Å²) < 4.78 is 17.9. The number of carbonyl (C=O) groups excluding carboxylic acids is 2. The predicted molar refractivity (Wildman–Crippen MR) is 147 cm³/mol. The van der Waals surface area contributed by atoms with Crippen LogP contribution in [0.3, 0.4) is 0 Å². The molecule has 0 aliphatic carbocycles. The summed E-state index contributed by atoms with van der Waals surface area (Å²) in [5, 5.41) is 26.9. The summed E-state index contributed by atoms with van der Waals surface area (Å²) >= 11 is 0. The second-order valence-electron chi connectivity index (χ2n) is 9.06. The predicted octanol–water partition coefficient (Wildman–Crippen LogP) is 3.68. The van der Waals surface area contributed by atoms with E-state index in [1.54, 1.807) is 57.9 Å². The molecule has 2 atom stereocenters. The van der Waals surface area contributed by atoms with Gasteiger partial charge in [-0.25, -0.2) is 14.4 Å². The van der Waals surface area contributed by atoms with E-state index in [2.05, 4.69) is 20.4 Å². The maximum absolute atomic E-state index is 14.6. The third-order valence-corrected chi connectivity index (χ3v) is 6.46. The smallest absolute Gasteiger partial charge is 0.276 e. The average molecular weight is 541 g/mol. The quantitative estimate of drug-likeness (QED) is 0.257. The normalized spacial score (nSPS) is 13.0. The second-order valence-corrected chi connectivity index (χ2v) is 9.06. The van der Waals surface area contributed by atoms with E-state index in [0.717, 1.165) is 17.3 Å². The highest BCUT2D eigenvalue weighted by atomic mass is 19.1. The first kappa shape index (κ1) is 26.6. The number of aliphatic imine (C=N–C) groups is 1. The van der Waals surface area contributed by atoms with Crippen molar-refractivity contribution in [2.45, 2.75) is 6.10 Å². The molecule has 0 saturated carbocycles. The van der Waals surface area contributed by atoms with Gasteiger partial charge in [0, 0.05) is 42.7 Å². The molecule has 5 aromatic rings. The Bertz CT molecular complexity index is 1710. The number of amides is 2. The average Bonchev–Trinajstić information content (AvgIpc) is 3.60. The van der Waals surface area contributed by atoms with Gasteiger partial charge in [0.15, 0.2) is 0 Å². The van der Waals surface area contributed by atoms with Crippen LogP contribution < -0.4 is 5.32 Å². The molecule has 3 aromatic heterocycles. The fourth-order valence-electron chi connectivity index (χ4n) is 4.27. The van der Waals surface area contributed by atoms with Crippen molar-refractivity contribution in [3.8, 4) is 11.3 Å². The SMILES string of the molecule is Cn1nccc1-c1ccn2c(C(=O)Nc3cc(C(=O)N=CC(CO)C(O)c4ccccc4)ccc3F)cnc2c1. The summed E-state index contributed by atoms with van der Waals surface area (Å²) in [4.78, 5) is 33.9. The minimum absolute atomic E-state index is 0.0119. The molecule has 0 radical (unpaired) electrons. The van der Waals surface area contributed by atoms with E-state index in [0.29, 0.717) is 11.2 Å². The van der Waals surface area contributed by atoms with Gasteiger partial charge >= 0.3 is 0 Å². The number of imidazole rings is 1. The van der Waals surface area contributed by atoms with Gasteiger partial charge in [-0.2, -0.15) is 5.10 Å². The lowest BCUT2D eigenvalue weighted by atomic mass is 9.97. The van der Waals surface area contributed by atoms with Crippen LogP contribution in [0.4, 0.5) is 10.1 Å². The molecule has 0 spiro atoms. The van der Waals surface area contributed by atoms with E-state index in [9.17, 15) is 24.2 Å². The lowest BCUT2D eigenvalue weighted by Gasteiger charge is -2.17. The van der Waals surface area contributed by atoms with Crippen LogP contribution in [0.2, 0.25) is 0 Å². The third-order valence-electron chi connectivity index (χ3n) is 6.46. The topological polar surface area (TPSA) is 134 Å². The van der Waals surface area contributed by atoms with Crippen LogP contribution in [0.5, 0.6) is 0 Å². The first-order valence-electron chi connectivity index (χ1n) is 12.3. The molecule has 2 aromatic carbocycles. The molecule has 0 fully saturated rings. The number of fused-ring (bicyclic) bond motifs is 1. The summed E-state index contributed by atoms with van der Waals surface area (Å²) in [6.07, 6.45) is 4.84. The number of aryl methyl sites for hydroxylation is 1. The fraction of sp³-hybridized carbons (Fsp3) is 0.138. The molecule has 2 unspecified atom stereocenters. The van der Waals surface area contributed by atoms with Crippen LogP contribution in [0.1, 0.15) is 32.5 Å². The van der Waals surface area contributed by atoms with Crippen LogP contribution in [0.25, 0.3) is 16.9 Å². The zero-order chi connectivity index (χ0) is 28.2. The van der Waals surface area contributed by atoms with Crippen molar-refractivity contribution >= 4 is 29.4 Å². The number of aromatic nitrogens is 4. The number of nitrogens with zero attached hydrogens (tertiary/aromatic N) is 5. The van der Waals surface area contributed by atoms with Crippen molar-refractivity contribution in [3.05, 3.63) is 108 Å². The largest absolute Gasteiger partial charge is 0.396 e. The van der Waals surface area contributed by atoms with Crippen LogP contribution in [0, 0.1) is 11.7 Å². The number of hydrogen-bond acceptors (Lipinski definition) is 6. The Morgan fingerprint density at radius 2 is 1.93 bits per heavy atom. The molecule has 3 heterocycles. The van der Waals surface area contributed by atoms with Crippen LogP contribution in [-0.2, 0) is 7.05 Å². The molecule has 0 saturated heterocycles. The first-order chi connectivity index (χ1) is 19.4. The van der Waals surface area contributed by atoms with Gasteiger partial charge in [-0.15, -0.1) is 0 Å². The highest BCUT2D eigenvalue weighted by Gasteiger charge is 2.20. The molecule has 3 N–H and O–H groups in total. The van der Waals surface area contributed by atoms with Gasteiger partial charge in [-0.1, -0.05) is 30.3 Å². The first-order valence-corrected chi connectivity index (χ1v) is 12.3. The molecule has 0 aliphatic heterocycles. The molecular weight excluding hydrogens is 515 g/mol. The summed E-state index contributed by atoms with van der Waals surface area (Å²) in [5.41, 5.74) is 2.78. The Morgan fingerprint density at radius 1 is 1.12 bits per heavy atom. The second kappa shape index (κ2) is 11.4. The number of aliphatic hydroxyl groups excluding tert-OH is 2. The van der Waals surface area contributed by atoms with Gasteiger partial charge in [-0.3, -0.25) is 18.7 Å². The number of aliphatic hydroxyl groups is 2. The Morgan fingerprint density at radius 3 is 2.65 bits per heavy atom. The monoisotopic (exact) mass is 540 g/mol. The van der Waals surface area contributed by atoms with Gasteiger partial charge in [0.2, 0.25) is 0 Å². The summed E-state index contributed by atoms with van der Waals surface area (Å²) in [7, 11) is 1.82. The van der Waals surface area contributed by atoms with E-state index in [1.807, 2.05) is 19.2 Å². The van der Waals surface area contributed by atoms with E-state index in [-0.39, 0.29) is 16.9 Å². The number of carbonyl (C=O) groups is 2. The molecule has 11 heteroatoms. The van der Waals surface area contributed by atoms with Crippen LogP contribution in [0.15, 0.2) is 90.3 Å². The molecule has 0 bridgehead atoms. The number of rotatable bonds is 8. The molecular formula is C29H25FN6O4. The Kier molecular flexibility index (Phi) is 7.58. The lowest BCUT2D eigenvalue weighted by molar-refractivity contribution is 0.0980. The maximum Gasteiger partial charge on any atom is 0.276 e. The highest BCUT2D eigenvalue weighted by molar-refractivity contribution is 6.05. The highest BCUT2D eigenvalue weighted by Crippen LogP contribution is 2.23. The standard InChI is InChI=1S/C29H25FN6O4/c1-35-24(9-11-33-35)19-10-12-36-25(16-31-26(36)14-19)29(40)34-23-13-20(7-8-22(23)30)28(39)32-15-21(17-37)27(38)18-5-3-2-4-6-18/h2-16,21,27,37-38H,17H2,1H3,(H,34,40). The summed E-state index contributed by atoms with van der Waals surface area (Å²) in [6, 6.07) is 17.6. The Balaban J connectivity index is 1.32. The number of anilines is 1. The number of benzene rings is 2. The van der Waals surface area contributed by atoms with Crippen molar-refractivity contribution < 1.29 is 24.2 Å². The molecule has 40 heavy (non-hydrogen) atoms. The van der Waals surface area contributed by atoms with E-state index in [1.165, 1.54) is 24.5 Å². The van der Waals surface area contributed by atoms with Gasteiger partial charge in [0.05, 0.1) is 30.3 Å². The minimum atomic E-state index is -1.07. The van der Waals surface area contributed by atoms with Gasteiger partial charge in [0.25, 0.3) is 11.8 Å². The molecule has 10 nitrogen and oxygen atoms in total. The summed E-state index contributed by atoms with van der Waals surface area (Å²) in [5.74, 6) is -2.93. The molecule has 0 aliphatic rings. The van der Waals surface area contributed by atoms with Gasteiger partial charge in [-0.05, 0) is 42.0 Å². The van der Waals surface area contributed by atoms with E-state index < -0.39 is 36.3 Å². The Hall–Kier alpha value is -5.00. The molecule has 202 valence electrons. The minimum Gasteiger partial charge on any atom is -0.396 e. The summed E-state index contributed by atoms with van der Waals surface area (Å²) in [6.45, 7) is -0.444. The van der Waals surface area contributed by atoms with Gasteiger partial charge in [0.1, 0.15) is 17.2 Å². The number of pyridine rings is 1. The number of hydrogen-bond donors (Lipinski definition) is 3. The van der Waals surface area contributed by atoms with Crippen LogP contribution in [-0.4, -0.2) is 54.0 Å². The van der Waals surface area contributed by atoms with Crippen LogP contribution >= 0.6 is 0 Å². The van der Waals surface area contributed by atoms with Crippen molar-refractivity contribution in [1.82, 2.24) is 19.2 Å². The van der Waals surface area contributed by atoms with Crippen molar-refractivity contribution in [2.75, 3.05) is 11.9 Å². The van der Waals surface area contributed by atoms with Crippen molar-refractivity contribution in [2.24, 2.45) is 18.0 Å². The zero-order valence-electron chi connectivity index (χ0n) is 21.3. The number of nitrogens with one attached hydrogen (secondary N) is 1. The molecule has 5 rings (SSSR count). The zero-order valence-corrected chi connectivity index (χ0v) is 21.3. The number of halogens is 1. The third kappa shape index (κ3) is 5.41. The van der Waals surface area contributed by atoms with Crippen molar-refractivity contribution in [1.29, 1.82) is 0 Å². The van der Waals surface area contributed by atoms with E-state index >= 15 is 0 Å². The lowest BCUT2D eigenvalue weighted by Crippen LogP contribution is -2.19. The van der Waals surface area contributed by atoms with Gasteiger partial charge < -0.3 is 15.5 Å².